The van der Waals surface area contributed by atoms with Gasteiger partial charge < -0.3 is 10.6 Å². The van der Waals surface area contributed by atoms with E-state index in [1.54, 1.807) is 0 Å². The minimum Gasteiger partial charge on any atom is -0.352 e. The Labute approximate surface area is 138 Å². The summed E-state index contributed by atoms with van der Waals surface area (Å²) >= 11 is 3.43. The lowest BCUT2D eigenvalue weighted by Crippen LogP contribution is -2.17. The van der Waals surface area contributed by atoms with Crippen molar-refractivity contribution in [2.24, 2.45) is 0 Å². The molecule has 116 valence electrons. The second-order valence-electron chi connectivity index (χ2n) is 5.17. The minimum atomic E-state index is -0.225. The van der Waals surface area contributed by atoms with Crippen LogP contribution in [0.1, 0.15) is 36.2 Å². The van der Waals surface area contributed by atoms with Gasteiger partial charge in [0.05, 0.1) is 5.56 Å². The average Bonchev–Trinajstić information content (AvgIpc) is 2.51. The number of carbonyl (C=O) groups excluding carboxylic acids is 1. The number of hydrogen-bond donors (Lipinski definition) is 2. The fraction of sp³-hybridized carbons (Fsp3) is 0.312. The monoisotopic (exact) mass is 362 g/mol. The van der Waals surface area contributed by atoms with Crippen LogP contribution >= 0.6 is 15.9 Å². The van der Waals surface area contributed by atoms with Crippen LogP contribution in [0.15, 0.2) is 35.1 Å². The Morgan fingerprint density at radius 2 is 2.00 bits per heavy atom. The van der Waals surface area contributed by atoms with E-state index >= 15 is 0 Å². The molecule has 0 bridgehead atoms. The van der Waals surface area contributed by atoms with Crippen LogP contribution in [-0.2, 0) is 0 Å². The molecule has 1 aromatic heterocycles. The molecular formula is C16H19BrN4O. The first-order chi connectivity index (χ1) is 10.5. The third kappa shape index (κ3) is 4.27. The number of amides is 1. The van der Waals surface area contributed by atoms with E-state index in [4.69, 9.17) is 0 Å². The van der Waals surface area contributed by atoms with E-state index in [2.05, 4.69) is 50.4 Å². The van der Waals surface area contributed by atoms with Crippen molar-refractivity contribution >= 4 is 33.5 Å². The summed E-state index contributed by atoms with van der Waals surface area (Å²) in [6, 6.07) is 5.95. The Morgan fingerprint density at radius 3 is 2.59 bits per heavy atom. The number of carbonyl (C=O) groups is 1. The molecule has 0 radical (unpaired) electrons. The molecule has 1 amide bonds. The van der Waals surface area contributed by atoms with Gasteiger partial charge in [-0.1, -0.05) is 22.9 Å². The summed E-state index contributed by atoms with van der Waals surface area (Å²) in [7, 11) is 0. The number of halogens is 1. The third-order valence-corrected chi connectivity index (χ3v) is 4.21. The summed E-state index contributed by atoms with van der Waals surface area (Å²) in [4.78, 5) is 20.5. The van der Waals surface area contributed by atoms with Crippen LogP contribution in [0.5, 0.6) is 0 Å². The molecule has 0 saturated carbocycles. The van der Waals surface area contributed by atoms with E-state index in [1.165, 1.54) is 12.4 Å². The van der Waals surface area contributed by atoms with Gasteiger partial charge in [0.15, 0.2) is 0 Å². The van der Waals surface area contributed by atoms with Crippen molar-refractivity contribution in [3.63, 3.8) is 0 Å². The number of rotatable bonds is 5. The molecule has 2 rings (SSSR count). The van der Waals surface area contributed by atoms with Crippen molar-refractivity contribution in [1.82, 2.24) is 9.97 Å². The van der Waals surface area contributed by atoms with Gasteiger partial charge in [-0.3, -0.25) is 4.79 Å². The summed E-state index contributed by atoms with van der Waals surface area (Å²) in [6.45, 7) is 6.11. The first kappa shape index (κ1) is 16.4. The molecule has 5 nitrogen and oxygen atoms in total. The van der Waals surface area contributed by atoms with Crippen LogP contribution in [0.3, 0.4) is 0 Å². The van der Waals surface area contributed by atoms with E-state index in [0.29, 0.717) is 17.6 Å². The van der Waals surface area contributed by atoms with E-state index in [-0.39, 0.29) is 5.91 Å². The SMILES string of the molecule is CCC(C)Nc1ncc(C(=O)Nc2ccc(Br)c(C)c2)cn1. The lowest BCUT2D eigenvalue weighted by Gasteiger charge is -2.11. The maximum absolute atomic E-state index is 12.2. The van der Waals surface area contributed by atoms with Gasteiger partial charge in [0.25, 0.3) is 5.91 Å². The molecule has 0 aliphatic heterocycles. The fourth-order valence-electron chi connectivity index (χ4n) is 1.77. The number of nitrogens with zero attached hydrogens (tertiary/aromatic N) is 2. The lowest BCUT2D eigenvalue weighted by molar-refractivity contribution is 0.102. The first-order valence-corrected chi connectivity index (χ1v) is 7.95. The molecule has 0 fully saturated rings. The number of anilines is 2. The Morgan fingerprint density at radius 1 is 1.32 bits per heavy atom. The Kier molecular flexibility index (Phi) is 5.49. The Balaban J connectivity index is 2.04. The van der Waals surface area contributed by atoms with Crippen molar-refractivity contribution in [2.45, 2.75) is 33.2 Å². The molecule has 1 unspecified atom stereocenters. The highest BCUT2D eigenvalue weighted by Gasteiger charge is 2.09. The summed E-state index contributed by atoms with van der Waals surface area (Å²) in [6.07, 6.45) is 4.03. The fourth-order valence-corrected chi connectivity index (χ4v) is 2.01. The molecule has 2 N–H and O–H groups in total. The topological polar surface area (TPSA) is 66.9 Å². The number of hydrogen-bond acceptors (Lipinski definition) is 4. The maximum Gasteiger partial charge on any atom is 0.258 e. The molecule has 0 aliphatic rings. The number of aryl methyl sites for hydroxylation is 1. The molecule has 0 spiro atoms. The average molecular weight is 363 g/mol. The van der Waals surface area contributed by atoms with Crippen LogP contribution in [-0.4, -0.2) is 21.9 Å². The summed E-state index contributed by atoms with van der Waals surface area (Å²) in [5.74, 6) is 0.308. The van der Waals surface area contributed by atoms with Gasteiger partial charge in [-0.05, 0) is 44.0 Å². The van der Waals surface area contributed by atoms with E-state index in [9.17, 15) is 4.79 Å². The lowest BCUT2D eigenvalue weighted by atomic mass is 10.2. The van der Waals surface area contributed by atoms with Gasteiger partial charge in [-0.25, -0.2) is 9.97 Å². The first-order valence-electron chi connectivity index (χ1n) is 7.15. The van der Waals surface area contributed by atoms with Crippen molar-refractivity contribution in [3.05, 3.63) is 46.2 Å². The third-order valence-electron chi connectivity index (χ3n) is 3.32. The van der Waals surface area contributed by atoms with Gasteiger partial charge >= 0.3 is 0 Å². The Hall–Kier alpha value is -1.95. The van der Waals surface area contributed by atoms with Crippen molar-refractivity contribution in [2.75, 3.05) is 10.6 Å². The highest BCUT2D eigenvalue weighted by molar-refractivity contribution is 9.10. The zero-order valence-corrected chi connectivity index (χ0v) is 14.4. The zero-order chi connectivity index (χ0) is 16.1. The summed E-state index contributed by atoms with van der Waals surface area (Å²) in [5.41, 5.74) is 2.23. The molecule has 1 aromatic carbocycles. The molecule has 6 heteroatoms. The number of nitrogens with one attached hydrogen (secondary N) is 2. The zero-order valence-electron chi connectivity index (χ0n) is 12.9. The van der Waals surface area contributed by atoms with E-state index < -0.39 is 0 Å². The molecule has 22 heavy (non-hydrogen) atoms. The molecule has 1 atom stereocenters. The van der Waals surface area contributed by atoms with Crippen molar-refractivity contribution in [3.8, 4) is 0 Å². The standard InChI is InChI=1S/C16H19BrN4O/c1-4-11(3)20-16-18-8-12(9-19-16)15(22)21-13-5-6-14(17)10(2)7-13/h5-9,11H,4H2,1-3H3,(H,21,22)(H,18,19,20). The highest BCUT2D eigenvalue weighted by Crippen LogP contribution is 2.20. The summed E-state index contributed by atoms with van der Waals surface area (Å²) in [5, 5.41) is 6.00. The van der Waals surface area contributed by atoms with Crippen LogP contribution in [0, 0.1) is 6.92 Å². The molecule has 2 aromatic rings. The van der Waals surface area contributed by atoms with Crippen molar-refractivity contribution < 1.29 is 4.79 Å². The largest absolute Gasteiger partial charge is 0.352 e. The highest BCUT2D eigenvalue weighted by atomic mass is 79.9. The van der Waals surface area contributed by atoms with E-state index in [1.807, 2.05) is 25.1 Å². The van der Waals surface area contributed by atoms with Crippen LogP contribution in [0.4, 0.5) is 11.6 Å². The van der Waals surface area contributed by atoms with Crippen LogP contribution in [0.25, 0.3) is 0 Å². The maximum atomic E-state index is 12.2. The van der Waals surface area contributed by atoms with Gasteiger partial charge in [0.2, 0.25) is 5.95 Å². The van der Waals surface area contributed by atoms with Gasteiger partial charge in [-0.15, -0.1) is 0 Å². The second-order valence-corrected chi connectivity index (χ2v) is 6.02. The van der Waals surface area contributed by atoms with Crippen LogP contribution < -0.4 is 10.6 Å². The molecule has 0 aliphatic carbocycles. The van der Waals surface area contributed by atoms with Gasteiger partial charge in [0.1, 0.15) is 0 Å². The second kappa shape index (κ2) is 7.35. The predicted octanol–water partition coefficient (Wildman–Crippen LogP) is 4.01. The van der Waals surface area contributed by atoms with Gasteiger partial charge in [-0.2, -0.15) is 0 Å². The van der Waals surface area contributed by atoms with Gasteiger partial charge in [0, 0.05) is 28.6 Å². The molecule has 0 saturated heterocycles. The smallest absolute Gasteiger partial charge is 0.258 e. The van der Waals surface area contributed by atoms with Crippen molar-refractivity contribution in [1.29, 1.82) is 0 Å². The minimum absolute atomic E-state index is 0.225. The molecular weight excluding hydrogens is 344 g/mol. The summed E-state index contributed by atoms with van der Waals surface area (Å²) < 4.78 is 1.01. The Bertz CT molecular complexity index is 658. The number of benzene rings is 1. The van der Waals surface area contributed by atoms with E-state index in [0.717, 1.165) is 22.1 Å². The quantitative estimate of drug-likeness (QED) is 0.842. The number of aromatic nitrogens is 2. The van der Waals surface area contributed by atoms with Crippen LogP contribution in [0.2, 0.25) is 0 Å². The predicted molar refractivity (Wildman–Crippen MR) is 92.2 cm³/mol. The normalized spacial score (nSPS) is 11.8. The molecule has 1 heterocycles.